The quantitative estimate of drug-likeness (QED) is 0.241. The molecule has 8 nitrogen and oxygen atoms in total. The monoisotopic (exact) mass is 645 g/mol. The number of carbonyl (C=O) groups is 3. The predicted molar refractivity (Wildman–Crippen MR) is 161 cm³/mol. The van der Waals surface area contributed by atoms with Crippen molar-refractivity contribution in [2.24, 2.45) is 5.92 Å². The summed E-state index contributed by atoms with van der Waals surface area (Å²) < 4.78 is 5.76. The standard InChI is InChI=1S/C28H18Cl3N3O5S2/c29-14-4-7-16(8-5-14)34-26(36)22-21(23-25(33-28(38)41-23)40-24(22)27(34)37)13-2-1-3-17(10-13)39-12-20(35)32-15-6-9-18(30)19(31)11-15/h1-11,21-22,24H,12H2,(H,32,35)(H,33,38)/t21-,22?,24?/m1/s1. The Morgan fingerprint density at radius 1 is 0.951 bits per heavy atom. The molecule has 0 radical (unpaired) electrons. The lowest BCUT2D eigenvalue weighted by atomic mass is 9.83. The van der Waals surface area contributed by atoms with Crippen molar-refractivity contribution >= 4 is 87.0 Å². The van der Waals surface area contributed by atoms with Crippen LogP contribution in [-0.2, 0) is 14.4 Å². The molecule has 3 amide bonds. The molecule has 1 fully saturated rings. The van der Waals surface area contributed by atoms with E-state index in [0.717, 1.165) is 11.3 Å². The number of rotatable bonds is 6. The number of benzene rings is 3. The minimum Gasteiger partial charge on any atom is -0.484 e. The number of imide groups is 1. The van der Waals surface area contributed by atoms with E-state index in [9.17, 15) is 19.2 Å². The first-order valence-corrected chi connectivity index (χ1v) is 15.0. The van der Waals surface area contributed by atoms with Gasteiger partial charge in [-0.15, -0.1) is 0 Å². The van der Waals surface area contributed by atoms with Crippen molar-refractivity contribution in [3.63, 3.8) is 0 Å². The van der Waals surface area contributed by atoms with Crippen molar-refractivity contribution in [3.8, 4) is 5.75 Å². The van der Waals surface area contributed by atoms with Crippen LogP contribution in [0.1, 0.15) is 16.4 Å². The van der Waals surface area contributed by atoms with Crippen molar-refractivity contribution in [1.29, 1.82) is 0 Å². The molecule has 6 rings (SSSR count). The Hall–Kier alpha value is -3.28. The minimum atomic E-state index is -0.754. The molecule has 1 saturated heterocycles. The topological polar surface area (TPSA) is 109 Å². The van der Waals surface area contributed by atoms with Crippen LogP contribution in [0.15, 0.2) is 76.6 Å². The summed E-state index contributed by atoms with van der Waals surface area (Å²) in [7, 11) is 0. The van der Waals surface area contributed by atoms with Gasteiger partial charge in [-0.05, 0) is 60.2 Å². The molecule has 0 aliphatic carbocycles. The third kappa shape index (κ3) is 5.38. The van der Waals surface area contributed by atoms with Crippen molar-refractivity contribution in [1.82, 2.24) is 4.98 Å². The molecular formula is C28H18Cl3N3O5S2. The molecule has 0 saturated carbocycles. The number of ether oxygens (including phenoxy) is 1. The molecule has 4 aromatic rings. The summed E-state index contributed by atoms with van der Waals surface area (Å²) in [5.74, 6) is -2.08. The van der Waals surface area contributed by atoms with Crippen LogP contribution in [0.5, 0.6) is 5.75 Å². The molecule has 2 N–H and O–H groups in total. The van der Waals surface area contributed by atoms with Crippen LogP contribution in [0, 0.1) is 5.92 Å². The van der Waals surface area contributed by atoms with Gasteiger partial charge in [0.05, 0.1) is 26.7 Å². The van der Waals surface area contributed by atoms with E-state index in [2.05, 4.69) is 10.3 Å². The van der Waals surface area contributed by atoms with Gasteiger partial charge >= 0.3 is 4.87 Å². The van der Waals surface area contributed by atoms with Gasteiger partial charge in [-0.3, -0.25) is 19.2 Å². The summed E-state index contributed by atoms with van der Waals surface area (Å²) in [6.45, 7) is -0.291. The molecule has 2 unspecified atom stereocenters. The number of anilines is 2. The molecular weight excluding hydrogens is 629 g/mol. The number of thiazole rings is 1. The maximum Gasteiger partial charge on any atom is 0.305 e. The van der Waals surface area contributed by atoms with Crippen molar-refractivity contribution < 1.29 is 19.1 Å². The van der Waals surface area contributed by atoms with E-state index in [-0.39, 0.29) is 23.3 Å². The summed E-state index contributed by atoms with van der Waals surface area (Å²) in [4.78, 5) is 56.6. The van der Waals surface area contributed by atoms with Gasteiger partial charge in [-0.1, -0.05) is 70.0 Å². The second-order valence-corrected chi connectivity index (χ2v) is 12.7. The fourth-order valence-corrected chi connectivity index (χ4v) is 7.88. The van der Waals surface area contributed by atoms with Crippen LogP contribution in [0.4, 0.5) is 11.4 Å². The number of thioether (sulfide) groups is 1. The maximum absolute atomic E-state index is 13.8. The van der Waals surface area contributed by atoms with Crippen LogP contribution in [0.3, 0.4) is 0 Å². The van der Waals surface area contributed by atoms with E-state index < -0.39 is 23.0 Å². The third-order valence-electron chi connectivity index (χ3n) is 6.70. The van der Waals surface area contributed by atoms with Crippen LogP contribution in [-0.4, -0.2) is 34.6 Å². The zero-order valence-electron chi connectivity index (χ0n) is 20.7. The normalized spacial score (nSPS) is 19.6. The van der Waals surface area contributed by atoms with Gasteiger partial charge in [0.25, 0.3) is 5.91 Å². The number of carbonyl (C=O) groups excluding carboxylic acids is 3. The summed E-state index contributed by atoms with van der Waals surface area (Å²) >= 11 is 20.2. The molecule has 1 aromatic heterocycles. The molecule has 3 atom stereocenters. The van der Waals surface area contributed by atoms with E-state index in [0.29, 0.717) is 47.7 Å². The highest BCUT2D eigenvalue weighted by atomic mass is 35.5. The van der Waals surface area contributed by atoms with Gasteiger partial charge in [-0.2, -0.15) is 0 Å². The Kier molecular flexibility index (Phi) is 7.60. The Bertz CT molecular complexity index is 1760. The van der Waals surface area contributed by atoms with Gasteiger partial charge in [0.1, 0.15) is 11.0 Å². The highest BCUT2D eigenvalue weighted by Gasteiger charge is 2.56. The van der Waals surface area contributed by atoms with E-state index in [1.54, 1.807) is 54.6 Å². The summed E-state index contributed by atoms with van der Waals surface area (Å²) in [5.41, 5.74) is 1.58. The Labute approximate surface area is 256 Å². The largest absolute Gasteiger partial charge is 0.484 e. The lowest BCUT2D eigenvalue weighted by molar-refractivity contribution is -0.122. The predicted octanol–water partition coefficient (Wildman–Crippen LogP) is 6.21. The molecule has 2 aliphatic heterocycles. The molecule has 0 spiro atoms. The number of nitrogens with zero attached hydrogens (tertiary/aromatic N) is 1. The van der Waals surface area contributed by atoms with Crippen molar-refractivity contribution in [3.05, 3.63) is 102 Å². The lowest BCUT2D eigenvalue weighted by Gasteiger charge is -2.30. The molecule has 2 aliphatic rings. The van der Waals surface area contributed by atoms with E-state index >= 15 is 0 Å². The number of aromatic nitrogens is 1. The van der Waals surface area contributed by atoms with E-state index in [4.69, 9.17) is 39.5 Å². The highest BCUT2D eigenvalue weighted by molar-refractivity contribution is 8.00. The maximum atomic E-state index is 13.8. The fourth-order valence-electron chi connectivity index (χ4n) is 4.94. The van der Waals surface area contributed by atoms with E-state index in [1.165, 1.54) is 22.7 Å². The second kappa shape index (κ2) is 11.2. The summed E-state index contributed by atoms with van der Waals surface area (Å²) in [6.07, 6.45) is 0. The van der Waals surface area contributed by atoms with Gasteiger partial charge in [-0.25, -0.2) is 4.90 Å². The number of halogens is 3. The van der Waals surface area contributed by atoms with Gasteiger partial charge in [0.2, 0.25) is 11.8 Å². The molecule has 41 heavy (non-hydrogen) atoms. The average Bonchev–Trinajstić information content (AvgIpc) is 3.44. The first-order chi connectivity index (χ1) is 19.7. The third-order valence-corrected chi connectivity index (χ3v) is 10.1. The molecule has 3 heterocycles. The van der Waals surface area contributed by atoms with Gasteiger partial charge in [0.15, 0.2) is 6.61 Å². The Morgan fingerprint density at radius 2 is 1.73 bits per heavy atom. The molecule has 208 valence electrons. The first-order valence-electron chi connectivity index (χ1n) is 12.2. The molecule has 0 bridgehead atoms. The molecule has 3 aromatic carbocycles. The van der Waals surface area contributed by atoms with Crippen LogP contribution in [0.25, 0.3) is 0 Å². The second-order valence-electron chi connectivity index (χ2n) is 9.28. The van der Waals surface area contributed by atoms with Crippen molar-refractivity contribution in [2.75, 3.05) is 16.8 Å². The first kappa shape index (κ1) is 27.9. The van der Waals surface area contributed by atoms with Gasteiger partial charge < -0.3 is 15.0 Å². The zero-order chi connectivity index (χ0) is 28.8. The van der Waals surface area contributed by atoms with Crippen molar-refractivity contribution in [2.45, 2.75) is 16.2 Å². The zero-order valence-corrected chi connectivity index (χ0v) is 24.6. The van der Waals surface area contributed by atoms with Crippen LogP contribution >= 0.6 is 57.9 Å². The highest BCUT2D eigenvalue weighted by Crippen LogP contribution is 2.53. The molecule has 13 heteroatoms. The number of amides is 3. The Morgan fingerprint density at radius 3 is 2.49 bits per heavy atom. The summed E-state index contributed by atoms with van der Waals surface area (Å²) in [6, 6.07) is 18.2. The number of fused-ring (bicyclic) bond motifs is 2. The number of hydrogen-bond donors (Lipinski definition) is 2. The Balaban J connectivity index is 1.27. The van der Waals surface area contributed by atoms with Crippen LogP contribution in [0.2, 0.25) is 15.1 Å². The number of H-pyrrole nitrogens is 1. The smallest absolute Gasteiger partial charge is 0.305 e. The number of nitrogens with one attached hydrogen (secondary N) is 2. The van der Waals surface area contributed by atoms with Crippen LogP contribution < -0.4 is 19.8 Å². The summed E-state index contributed by atoms with van der Waals surface area (Å²) in [5, 5.41) is 3.69. The average molecular weight is 647 g/mol. The number of aromatic amines is 1. The SMILES string of the molecule is O=C(COc1cccc([C@H]2c3sc(=O)[nH]c3SC3C(=O)N(c4ccc(Cl)cc4)C(=O)C32)c1)Nc1ccc(Cl)c(Cl)c1. The minimum absolute atomic E-state index is 0.270. The van der Waals surface area contributed by atoms with E-state index in [1.807, 2.05) is 6.07 Å². The van der Waals surface area contributed by atoms with Gasteiger partial charge in [0, 0.05) is 21.5 Å². The number of hydrogen-bond acceptors (Lipinski definition) is 7. The fraction of sp³-hybridized carbons (Fsp3) is 0.143. The lowest BCUT2D eigenvalue weighted by Crippen LogP contribution is -2.32.